The van der Waals surface area contributed by atoms with Gasteiger partial charge in [-0.25, -0.2) is 13.4 Å². The average Bonchev–Trinajstić information content (AvgIpc) is 3.53. The molecule has 1 unspecified atom stereocenters. The van der Waals surface area contributed by atoms with Crippen LogP contribution in [-0.2, 0) is 21.4 Å². The number of thiophene rings is 1. The maximum atomic E-state index is 14.0. The highest BCUT2D eigenvalue weighted by Crippen LogP contribution is 2.34. The van der Waals surface area contributed by atoms with E-state index in [0.717, 1.165) is 28.0 Å². The molecule has 34 heavy (non-hydrogen) atoms. The van der Waals surface area contributed by atoms with Gasteiger partial charge >= 0.3 is 0 Å². The molecule has 7 nitrogen and oxygen atoms in total. The molecule has 176 valence electrons. The Bertz CT molecular complexity index is 1410. The van der Waals surface area contributed by atoms with Gasteiger partial charge < -0.3 is 0 Å². The molecule has 0 aliphatic carbocycles. The minimum Gasteiger partial charge on any atom is -0.281 e. The first-order valence-electron chi connectivity index (χ1n) is 10.8. The van der Waals surface area contributed by atoms with Crippen LogP contribution in [0.4, 0.5) is 5.13 Å². The Morgan fingerprint density at radius 3 is 2.82 bits per heavy atom. The molecule has 0 saturated carbocycles. The fourth-order valence-electron chi connectivity index (χ4n) is 4.04. The number of pyridine rings is 1. The number of hydrogen-bond acceptors (Lipinski definition) is 7. The van der Waals surface area contributed by atoms with Gasteiger partial charge in [0.05, 0.1) is 22.5 Å². The lowest BCUT2D eigenvalue weighted by atomic mass is 10.0. The van der Waals surface area contributed by atoms with Crippen molar-refractivity contribution in [3.63, 3.8) is 0 Å². The zero-order chi connectivity index (χ0) is 23.7. The summed E-state index contributed by atoms with van der Waals surface area (Å²) in [5, 5.41) is 2.81. The van der Waals surface area contributed by atoms with Crippen molar-refractivity contribution in [3.05, 3.63) is 70.8 Å². The maximum Gasteiger partial charge on any atom is 0.253 e. The van der Waals surface area contributed by atoms with Gasteiger partial charge in [-0.15, -0.1) is 11.3 Å². The van der Waals surface area contributed by atoms with Crippen LogP contribution in [0, 0.1) is 0 Å². The first kappa shape index (κ1) is 23.4. The number of amides is 1. The summed E-state index contributed by atoms with van der Waals surface area (Å²) >= 11 is 8.67. The molecule has 1 atom stereocenters. The number of carbonyl (C=O) groups excluding carboxylic acids is 1. The SMILES string of the molecule is O=C(C1CCCCN1S(=O)(=O)c1cccs1)N(Cc1ccccn1)c1nc2ccc(Cl)cc2s1. The van der Waals surface area contributed by atoms with Crippen LogP contribution in [0.25, 0.3) is 10.2 Å². The van der Waals surface area contributed by atoms with Crippen LogP contribution in [0.2, 0.25) is 5.02 Å². The molecule has 4 heterocycles. The minimum atomic E-state index is -3.78. The summed E-state index contributed by atoms with van der Waals surface area (Å²) in [5.41, 5.74) is 1.42. The van der Waals surface area contributed by atoms with E-state index in [0.29, 0.717) is 35.2 Å². The van der Waals surface area contributed by atoms with Crippen LogP contribution in [-0.4, -0.2) is 41.2 Å². The van der Waals surface area contributed by atoms with Gasteiger partial charge in [0.1, 0.15) is 10.3 Å². The van der Waals surface area contributed by atoms with E-state index in [1.807, 2.05) is 30.3 Å². The molecule has 0 radical (unpaired) electrons. The van der Waals surface area contributed by atoms with E-state index in [1.54, 1.807) is 34.7 Å². The summed E-state index contributed by atoms with van der Waals surface area (Å²) in [4.78, 5) is 24.6. The molecular formula is C23H21ClN4O3S3. The summed E-state index contributed by atoms with van der Waals surface area (Å²) < 4.78 is 29.2. The number of rotatable bonds is 6. The van der Waals surface area contributed by atoms with Gasteiger partial charge in [0.2, 0.25) is 5.91 Å². The number of aromatic nitrogens is 2. The monoisotopic (exact) mass is 532 g/mol. The Morgan fingerprint density at radius 1 is 1.18 bits per heavy atom. The third-order valence-corrected chi connectivity index (χ3v) is 10.2. The predicted molar refractivity (Wildman–Crippen MR) is 136 cm³/mol. The fourth-order valence-corrected chi connectivity index (χ4v) is 8.06. The van der Waals surface area contributed by atoms with E-state index >= 15 is 0 Å². The molecule has 1 fully saturated rings. The van der Waals surface area contributed by atoms with Crippen LogP contribution in [0.3, 0.4) is 0 Å². The first-order chi connectivity index (χ1) is 16.4. The summed E-state index contributed by atoms with van der Waals surface area (Å²) in [6, 6.07) is 13.4. The van der Waals surface area contributed by atoms with Gasteiger partial charge in [0.15, 0.2) is 5.13 Å². The maximum absolute atomic E-state index is 14.0. The second kappa shape index (κ2) is 9.71. The lowest BCUT2D eigenvalue weighted by molar-refractivity contribution is -0.123. The van der Waals surface area contributed by atoms with Crippen molar-refractivity contribution in [2.45, 2.75) is 36.1 Å². The second-order valence-corrected chi connectivity index (χ2v) is 12.4. The number of nitrogens with zero attached hydrogens (tertiary/aromatic N) is 4. The first-order valence-corrected chi connectivity index (χ1v) is 14.3. The third kappa shape index (κ3) is 4.60. The number of fused-ring (bicyclic) bond motifs is 1. The van der Waals surface area contributed by atoms with E-state index < -0.39 is 16.1 Å². The number of anilines is 1. The lowest BCUT2D eigenvalue weighted by Crippen LogP contribution is -2.52. The smallest absolute Gasteiger partial charge is 0.253 e. The van der Waals surface area contributed by atoms with Gasteiger partial charge in [0.25, 0.3) is 10.0 Å². The van der Waals surface area contributed by atoms with Crippen molar-refractivity contribution in [3.8, 4) is 0 Å². The van der Waals surface area contributed by atoms with Crippen LogP contribution in [0.1, 0.15) is 25.0 Å². The molecule has 5 rings (SSSR count). The quantitative estimate of drug-likeness (QED) is 0.341. The Morgan fingerprint density at radius 2 is 2.06 bits per heavy atom. The standard InChI is InChI=1S/C23H21ClN4O3S3/c24-16-9-10-18-20(14-16)33-23(26-18)27(15-17-6-1-3-11-25-17)22(29)19-7-2-4-12-28(19)34(30,31)21-8-5-13-32-21/h1,3,5-6,8-11,13-14,19H,2,4,7,12,15H2. The molecule has 0 N–H and O–H groups in total. The van der Waals surface area contributed by atoms with Crippen molar-refractivity contribution in [1.29, 1.82) is 0 Å². The molecule has 1 saturated heterocycles. The zero-order valence-corrected chi connectivity index (χ0v) is 21.2. The van der Waals surface area contributed by atoms with Crippen LogP contribution in [0.15, 0.2) is 64.3 Å². The number of benzene rings is 1. The molecule has 1 aromatic carbocycles. The van der Waals surface area contributed by atoms with Crippen molar-refractivity contribution < 1.29 is 13.2 Å². The number of halogens is 1. The van der Waals surface area contributed by atoms with Crippen molar-refractivity contribution in [2.24, 2.45) is 0 Å². The Kier molecular flexibility index (Phi) is 6.67. The van der Waals surface area contributed by atoms with E-state index in [1.165, 1.54) is 15.6 Å². The summed E-state index contributed by atoms with van der Waals surface area (Å²) in [5.74, 6) is -0.296. The van der Waals surface area contributed by atoms with Crippen LogP contribution >= 0.6 is 34.3 Å². The molecule has 1 aliphatic heterocycles. The number of thiazole rings is 1. The van der Waals surface area contributed by atoms with Gasteiger partial charge in [-0.1, -0.05) is 41.5 Å². The Balaban J connectivity index is 1.54. The largest absolute Gasteiger partial charge is 0.281 e. The van der Waals surface area contributed by atoms with E-state index in [2.05, 4.69) is 9.97 Å². The Hall–Kier alpha value is -2.37. The minimum absolute atomic E-state index is 0.191. The molecule has 1 aliphatic rings. The summed E-state index contributed by atoms with van der Waals surface area (Å²) in [6.07, 6.45) is 3.62. The molecule has 11 heteroatoms. The zero-order valence-electron chi connectivity index (χ0n) is 18.0. The van der Waals surface area contributed by atoms with Crippen LogP contribution in [0.5, 0.6) is 0 Å². The topological polar surface area (TPSA) is 83.5 Å². The molecule has 1 amide bonds. The van der Waals surface area contributed by atoms with Crippen molar-refractivity contribution >= 4 is 65.6 Å². The van der Waals surface area contributed by atoms with Gasteiger partial charge in [-0.2, -0.15) is 4.31 Å². The summed E-state index contributed by atoms with van der Waals surface area (Å²) in [7, 11) is -3.78. The predicted octanol–water partition coefficient (Wildman–Crippen LogP) is 5.18. The lowest BCUT2D eigenvalue weighted by Gasteiger charge is -2.35. The fraction of sp³-hybridized carbons (Fsp3) is 0.261. The number of carbonyl (C=O) groups is 1. The molecular weight excluding hydrogens is 512 g/mol. The molecule has 0 spiro atoms. The van der Waals surface area contributed by atoms with Crippen molar-refractivity contribution in [2.75, 3.05) is 11.4 Å². The average molecular weight is 533 g/mol. The van der Waals surface area contributed by atoms with Crippen LogP contribution < -0.4 is 4.90 Å². The van der Waals surface area contributed by atoms with Gasteiger partial charge in [-0.05, 0) is 54.6 Å². The van der Waals surface area contributed by atoms with E-state index in [9.17, 15) is 13.2 Å². The highest BCUT2D eigenvalue weighted by molar-refractivity contribution is 7.91. The van der Waals surface area contributed by atoms with Crippen molar-refractivity contribution in [1.82, 2.24) is 14.3 Å². The Labute approximate surface area is 210 Å². The number of hydrogen-bond donors (Lipinski definition) is 0. The summed E-state index contributed by atoms with van der Waals surface area (Å²) in [6.45, 7) is 0.500. The normalized spacial score (nSPS) is 17.1. The van der Waals surface area contributed by atoms with E-state index in [-0.39, 0.29) is 16.7 Å². The third-order valence-electron chi connectivity index (χ3n) is 5.68. The molecule has 0 bridgehead atoms. The highest BCUT2D eigenvalue weighted by Gasteiger charge is 2.41. The van der Waals surface area contributed by atoms with Gasteiger partial charge in [-0.3, -0.25) is 14.7 Å². The molecule has 4 aromatic rings. The van der Waals surface area contributed by atoms with Gasteiger partial charge in [0, 0.05) is 17.8 Å². The number of sulfonamides is 1. The van der Waals surface area contributed by atoms with E-state index in [4.69, 9.17) is 11.6 Å². The second-order valence-electron chi connectivity index (χ2n) is 7.91. The number of piperidine rings is 1. The molecule has 3 aromatic heterocycles. The highest BCUT2D eigenvalue weighted by atomic mass is 35.5.